The van der Waals surface area contributed by atoms with E-state index in [1.807, 2.05) is 32.1 Å². The van der Waals surface area contributed by atoms with Crippen LogP contribution in [-0.2, 0) is 0 Å². The Hall–Kier alpha value is -0.380. The van der Waals surface area contributed by atoms with Gasteiger partial charge in [0.05, 0.1) is 0 Å². The number of nitrogens with one attached hydrogen (secondary N) is 2. The summed E-state index contributed by atoms with van der Waals surface area (Å²) in [6, 6.07) is 0. The lowest BCUT2D eigenvalue weighted by Gasteiger charge is -2.13. The zero-order valence-corrected chi connectivity index (χ0v) is 6.31. The molecule has 0 saturated carbocycles. The Morgan fingerprint density at radius 2 is 2.22 bits per heavy atom. The Morgan fingerprint density at radius 1 is 1.56 bits per heavy atom. The van der Waals surface area contributed by atoms with Gasteiger partial charge in [-0.25, -0.2) is 10.4 Å². The van der Waals surface area contributed by atoms with Gasteiger partial charge in [0.1, 0.15) is 0 Å². The highest BCUT2D eigenvalue weighted by Crippen LogP contribution is 1.74. The molecule has 0 saturated heterocycles. The molecule has 0 unspecified atom stereocenters. The van der Waals surface area contributed by atoms with Crippen molar-refractivity contribution in [2.75, 3.05) is 20.6 Å². The number of hydrogen-bond acceptors (Lipinski definition) is 3. The predicted molar refractivity (Wildman–Crippen MR) is 39.6 cm³/mol. The second kappa shape index (κ2) is 5.75. The van der Waals surface area contributed by atoms with E-state index in [-0.39, 0.29) is 0 Å². The molecule has 0 heterocycles. The molecule has 0 rings (SSSR count). The van der Waals surface area contributed by atoms with Crippen molar-refractivity contribution in [2.45, 2.75) is 6.92 Å². The van der Waals surface area contributed by atoms with E-state index in [0.717, 1.165) is 6.54 Å². The van der Waals surface area contributed by atoms with Crippen LogP contribution >= 0.6 is 0 Å². The number of likely N-dealkylation sites (N-methyl/N-ethyl adjacent to an activating group) is 1. The third kappa shape index (κ3) is 5.49. The Balaban J connectivity index is 3.15. The number of rotatable bonds is 4. The van der Waals surface area contributed by atoms with Crippen LogP contribution < -0.4 is 11.0 Å². The fraction of sp³-hybridized carbons (Fsp3) is 0.667. The summed E-state index contributed by atoms with van der Waals surface area (Å²) in [5, 5.41) is 1.94. The van der Waals surface area contributed by atoms with Crippen molar-refractivity contribution in [1.82, 2.24) is 16.0 Å². The Morgan fingerprint density at radius 3 is 2.67 bits per heavy atom. The van der Waals surface area contributed by atoms with Crippen LogP contribution in [0, 0.1) is 0 Å². The van der Waals surface area contributed by atoms with Crippen molar-refractivity contribution in [1.29, 1.82) is 0 Å². The molecular weight excluding hydrogens is 114 g/mol. The minimum atomic E-state index is 0.914. The molecule has 0 amide bonds. The van der Waals surface area contributed by atoms with Crippen molar-refractivity contribution in [3.63, 3.8) is 0 Å². The Kier molecular flexibility index (Phi) is 5.51. The first-order valence-corrected chi connectivity index (χ1v) is 3.06. The quantitative estimate of drug-likeness (QED) is 0.417. The molecule has 0 bridgehead atoms. The highest BCUT2D eigenvalue weighted by molar-refractivity contribution is 4.78. The van der Waals surface area contributed by atoms with Crippen LogP contribution in [0.4, 0.5) is 0 Å². The Bertz CT molecular complexity index is 80.4. The molecule has 0 spiro atoms. The molecule has 0 aromatic carbocycles. The molecule has 0 atom stereocenters. The van der Waals surface area contributed by atoms with Gasteiger partial charge < -0.3 is 0 Å². The van der Waals surface area contributed by atoms with Gasteiger partial charge in [0.2, 0.25) is 0 Å². The zero-order chi connectivity index (χ0) is 7.11. The summed E-state index contributed by atoms with van der Waals surface area (Å²) in [6.45, 7) is 2.92. The lowest BCUT2D eigenvalue weighted by Crippen LogP contribution is -2.42. The van der Waals surface area contributed by atoms with Crippen LogP contribution in [0.15, 0.2) is 12.2 Å². The maximum absolute atomic E-state index is 2.91. The maximum Gasteiger partial charge on any atom is 0.0321 e. The molecule has 3 nitrogen and oxygen atoms in total. The lowest BCUT2D eigenvalue weighted by molar-refractivity contribution is 0.225. The van der Waals surface area contributed by atoms with Gasteiger partial charge in [0.15, 0.2) is 0 Å². The van der Waals surface area contributed by atoms with Gasteiger partial charge >= 0.3 is 0 Å². The van der Waals surface area contributed by atoms with E-state index in [9.17, 15) is 0 Å². The lowest BCUT2D eigenvalue weighted by atomic mass is 10.5. The van der Waals surface area contributed by atoms with Gasteiger partial charge in [-0.3, -0.25) is 0 Å². The van der Waals surface area contributed by atoms with Crippen molar-refractivity contribution < 1.29 is 0 Å². The standard InChI is InChI=1S/C6H15N3/c1-4-5-6-9(3)8-7-2/h4-5,7-8H,6H2,1-3H3/b5-4+. The Labute approximate surface area is 56.7 Å². The van der Waals surface area contributed by atoms with Crippen LogP contribution in [0.25, 0.3) is 0 Å². The van der Waals surface area contributed by atoms with Crippen LogP contribution in [0.2, 0.25) is 0 Å². The number of hydrazine groups is 2. The number of allylic oxidation sites excluding steroid dienone is 1. The average Bonchev–Trinajstić information content (AvgIpc) is 1.85. The molecule has 0 aromatic heterocycles. The fourth-order valence-electron chi connectivity index (χ4n) is 0.500. The van der Waals surface area contributed by atoms with Crippen LogP contribution in [0.3, 0.4) is 0 Å². The first-order valence-electron chi connectivity index (χ1n) is 3.06. The van der Waals surface area contributed by atoms with E-state index < -0.39 is 0 Å². The minimum Gasteiger partial charge on any atom is -0.247 e. The number of nitrogens with zero attached hydrogens (tertiary/aromatic N) is 1. The van der Waals surface area contributed by atoms with E-state index in [1.54, 1.807) is 0 Å². The molecule has 0 aromatic rings. The molecule has 0 aliphatic rings. The summed E-state index contributed by atoms with van der Waals surface area (Å²) in [5.74, 6) is 0. The summed E-state index contributed by atoms with van der Waals surface area (Å²) < 4.78 is 0. The largest absolute Gasteiger partial charge is 0.247 e. The zero-order valence-electron chi connectivity index (χ0n) is 6.31. The van der Waals surface area contributed by atoms with E-state index in [4.69, 9.17) is 0 Å². The van der Waals surface area contributed by atoms with Gasteiger partial charge in [-0.15, -0.1) is 0 Å². The van der Waals surface area contributed by atoms with E-state index >= 15 is 0 Å². The average molecular weight is 129 g/mol. The molecule has 0 fully saturated rings. The molecule has 0 aliphatic heterocycles. The van der Waals surface area contributed by atoms with Gasteiger partial charge in [-0.2, -0.15) is 5.53 Å². The molecule has 2 N–H and O–H groups in total. The van der Waals surface area contributed by atoms with Gasteiger partial charge in [-0.05, 0) is 14.0 Å². The van der Waals surface area contributed by atoms with Crippen molar-refractivity contribution >= 4 is 0 Å². The third-order valence-corrected chi connectivity index (χ3v) is 0.918. The second-order valence-electron chi connectivity index (χ2n) is 1.81. The summed E-state index contributed by atoms with van der Waals surface area (Å²) in [5.41, 5.74) is 5.73. The maximum atomic E-state index is 2.91. The topological polar surface area (TPSA) is 27.3 Å². The van der Waals surface area contributed by atoms with Crippen molar-refractivity contribution in [3.8, 4) is 0 Å². The van der Waals surface area contributed by atoms with Crippen molar-refractivity contribution in [2.24, 2.45) is 0 Å². The third-order valence-electron chi connectivity index (χ3n) is 0.918. The summed E-state index contributed by atoms with van der Waals surface area (Å²) in [4.78, 5) is 0. The molecule has 0 aliphatic carbocycles. The summed E-state index contributed by atoms with van der Waals surface area (Å²) in [6.07, 6.45) is 4.10. The first kappa shape index (κ1) is 8.62. The molecule has 3 heteroatoms. The van der Waals surface area contributed by atoms with Gasteiger partial charge in [-0.1, -0.05) is 12.2 Å². The summed E-state index contributed by atoms with van der Waals surface area (Å²) in [7, 11) is 3.81. The highest BCUT2D eigenvalue weighted by atomic mass is 15.7. The normalized spacial score (nSPS) is 11.6. The molecule has 0 radical (unpaired) electrons. The van der Waals surface area contributed by atoms with Gasteiger partial charge in [0, 0.05) is 13.6 Å². The smallest absolute Gasteiger partial charge is 0.0321 e. The van der Waals surface area contributed by atoms with E-state index in [0.29, 0.717) is 0 Å². The second-order valence-corrected chi connectivity index (χ2v) is 1.81. The molecular formula is C6H15N3. The monoisotopic (exact) mass is 129 g/mol. The highest BCUT2D eigenvalue weighted by Gasteiger charge is 1.86. The van der Waals surface area contributed by atoms with Crippen LogP contribution in [0.1, 0.15) is 6.92 Å². The first-order chi connectivity index (χ1) is 4.31. The van der Waals surface area contributed by atoms with Gasteiger partial charge in [0.25, 0.3) is 0 Å². The SMILES string of the molecule is C/C=C/CN(C)NNC. The van der Waals surface area contributed by atoms with Crippen molar-refractivity contribution in [3.05, 3.63) is 12.2 Å². The molecule has 54 valence electrons. The summed E-state index contributed by atoms with van der Waals surface area (Å²) >= 11 is 0. The van der Waals surface area contributed by atoms with Crippen LogP contribution in [-0.4, -0.2) is 25.6 Å². The van der Waals surface area contributed by atoms with E-state index in [2.05, 4.69) is 17.0 Å². The number of hydrogen-bond donors (Lipinski definition) is 2. The fourth-order valence-corrected chi connectivity index (χ4v) is 0.500. The molecule has 9 heavy (non-hydrogen) atoms. The predicted octanol–water partition coefficient (Wildman–Crippen LogP) is 0.133. The minimum absolute atomic E-state index is 0.914. The van der Waals surface area contributed by atoms with E-state index in [1.165, 1.54) is 0 Å². The van der Waals surface area contributed by atoms with Crippen LogP contribution in [0.5, 0.6) is 0 Å².